The molecule has 0 aromatic carbocycles. The fraction of sp³-hybridized carbons (Fsp3) is 0.100. The van der Waals surface area contributed by atoms with Crippen LogP contribution in [-0.2, 0) is 6.54 Å². The van der Waals surface area contributed by atoms with E-state index in [9.17, 15) is 0 Å². The van der Waals surface area contributed by atoms with Gasteiger partial charge in [-0.15, -0.1) is 11.3 Å². The molecule has 0 unspecified atom stereocenters. The number of nitrogens with two attached hydrogens (primary N) is 1. The highest BCUT2D eigenvalue weighted by Gasteiger charge is 2.09. The SMILES string of the molecule is NNc1nc(NCc2ccc(Cl)s2)c2cn[nH]c2n1. The number of rotatable bonds is 4. The lowest BCUT2D eigenvalue weighted by Gasteiger charge is -2.06. The van der Waals surface area contributed by atoms with Gasteiger partial charge in [0.1, 0.15) is 5.82 Å². The summed E-state index contributed by atoms with van der Waals surface area (Å²) in [4.78, 5) is 9.53. The number of nitrogens with zero attached hydrogens (tertiary/aromatic N) is 3. The molecule has 5 N–H and O–H groups in total. The molecule has 9 heteroatoms. The lowest BCUT2D eigenvalue weighted by atomic mass is 10.4. The van der Waals surface area contributed by atoms with Gasteiger partial charge in [-0.25, -0.2) is 5.84 Å². The third kappa shape index (κ3) is 2.46. The van der Waals surface area contributed by atoms with Crippen LogP contribution in [0.2, 0.25) is 4.34 Å². The van der Waals surface area contributed by atoms with E-state index in [1.165, 1.54) is 11.3 Å². The Balaban J connectivity index is 1.88. The Morgan fingerprint density at radius 2 is 2.26 bits per heavy atom. The van der Waals surface area contributed by atoms with E-state index in [-0.39, 0.29) is 0 Å². The van der Waals surface area contributed by atoms with E-state index in [0.717, 1.165) is 14.6 Å². The number of anilines is 2. The van der Waals surface area contributed by atoms with E-state index < -0.39 is 0 Å². The topological polar surface area (TPSA) is 105 Å². The highest BCUT2D eigenvalue weighted by Crippen LogP contribution is 2.24. The molecule has 19 heavy (non-hydrogen) atoms. The second kappa shape index (κ2) is 5.00. The second-order valence-corrected chi connectivity index (χ2v) is 5.53. The fourth-order valence-corrected chi connectivity index (χ4v) is 2.68. The van der Waals surface area contributed by atoms with Crippen LogP contribution in [0.15, 0.2) is 18.3 Å². The van der Waals surface area contributed by atoms with Crippen LogP contribution in [0.5, 0.6) is 0 Å². The zero-order chi connectivity index (χ0) is 13.2. The van der Waals surface area contributed by atoms with E-state index in [1.54, 1.807) is 6.20 Å². The molecule has 0 atom stereocenters. The van der Waals surface area contributed by atoms with Crippen molar-refractivity contribution >= 4 is 45.7 Å². The number of H-pyrrole nitrogens is 1. The number of hydrogen-bond acceptors (Lipinski definition) is 7. The summed E-state index contributed by atoms with van der Waals surface area (Å²) >= 11 is 7.41. The van der Waals surface area contributed by atoms with Crippen molar-refractivity contribution in [2.24, 2.45) is 5.84 Å². The number of aromatic amines is 1. The Hall–Kier alpha value is -1.90. The van der Waals surface area contributed by atoms with Crippen molar-refractivity contribution in [3.63, 3.8) is 0 Å². The molecule has 0 amide bonds. The summed E-state index contributed by atoms with van der Waals surface area (Å²) < 4.78 is 0.761. The Bertz CT molecular complexity index is 707. The first-order valence-electron chi connectivity index (χ1n) is 5.42. The molecular weight excluding hydrogens is 286 g/mol. The first-order chi connectivity index (χ1) is 9.26. The Morgan fingerprint density at radius 1 is 1.37 bits per heavy atom. The predicted octanol–water partition coefficient (Wildman–Crippen LogP) is 1.97. The number of halogens is 1. The lowest BCUT2D eigenvalue weighted by molar-refractivity contribution is 1.07. The fourth-order valence-electron chi connectivity index (χ4n) is 1.65. The third-order valence-corrected chi connectivity index (χ3v) is 3.73. The van der Waals surface area contributed by atoms with Crippen molar-refractivity contribution in [3.8, 4) is 0 Å². The van der Waals surface area contributed by atoms with Crippen molar-refractivity contribution in [2.75, 3.05) is 10.7 Å². The summed E-state index contributed by atoms with van der Waals surface area (Å²) in [6.45, 7) is 0.624. The second-order valence-electron chi connectivity index (χ2n) is 3.73. The van der Waals surface area contributed by atoms with Crippen LogP contribution in [0.25, 0.3) is 11.0 Å². The largest absolute Gasteiger partial charge is 0.364 e. The van der Waals surface area contributed by atoms with Crippen LogP contribution >= 0.6 is 22.9 Å². The maximum absolute atomic E-state index is 5.89. The number of thiophene rings is 1. The predicted molar refractivity (Wildman–Crippen MR) is 76.1 cm³/mol. The molecule has 98 valence electrons. The van der Waals surface area contributed by atoms with Crippen molar-refractivity contribution in [1.82, 2.24) is 20.2 Å². The Morgan fingerprint density at radius 3 is 3.00 bits per heavy atom. The van der Waals surface area contributed by atoms with Gasteiger partial charge in [-0.05, 0) is 12.1 Å². The maximum atomic E-state index is 5.89. The molecular formula is C10H10ClN7S. The van der Waals surface area contributed by atoms with E-state index in [4.69, 9.17) is 17.4 Å². The van der Waals surface area contributed by atoms with E-state index in [1.807, 2.05) is 12.1 Å². The Kier molecular flexibility index (Phi) is 3.20. The minimum absolute atomic E-state index is 0.323. The van der Waals surface area contributed by atoms with Crippen molar-refractivity contribution in [2.45, 2.75) is 6.54 Å². The molecule has 0 aliphatic heterocycles. The lowest BCUT2D eigenvalue weighted by Crippen LogP contribution is -2.12. The summed E-state index contributed by atoms with van der Waals surface area (Å²) in [5.41, 5.74) is 3.04. The zero-order valence-corrected chi connectivity index (χ0v) is 11.2. The third-order valence-electron chi connectivity index (χ3n) is 2.50. The van der Waals surface area contributed by atoms with Gasteiger partial charge in [-0.1, -0.05) is 11.6 Å². The highest BCUT2D eigenvalue weighted by molar-refractivity contribution is 7.16. The normalized spacial score (nSPS) is 10.8. The minimum atomic E-state index is 0.323. The minimum Gasteiger partial charge on any atom is -0.364 e. The molecule has 3 aromatic rings. The van der Waals surface area contributed by atoms with Crippen LogP contribution in [0.3, 0.4) is 0 Å². The number of nitrogens with one attached hydrogen (secondary N) is 3. The summed E-state index contributed by atoms with van der Waals surface area (Å²) in [7, 11) is 0. The summed E-state index contributed by atoms with van der Waals surface area (Å²) in [6, 6.07) is 3.83. The van der Waals surface area contributed by atoms with Crippen LogP contribution < -0.4 is 16.6 Å². The molecule has 7 nitrogen and oxygen atoms in total. The van der Waals surface area contributed by atoms with E-state index in [0.29, 0.717) is 24.0 Å². The molecule has 0 bridgehead atoms. The molecule has 0 saturated heterocycles. The molecule has 0 fully saturated rings. The molecule has 3 rings (SSSR count). The first kappa shape index (κ1) is 12.2. The average molecular weight is 296 g/mol. The standard InChI is InChI=1S/C10H10ClN7S/c11-7-2-1-5(19-7)3-13-8-6-4-14-18-9(6)16-10(15-8)17-12/h1-2,4H,3,12H2,(H3,13,14,15,16,17,18). The number of nitrogen functional groups attached to an aromatic ring is 1. The van der Waals surface area contributed by atoms with Gasteiger partial charge in [0.2, 0.25) is 5.95 Å². The number of fused-ring (bicyclic) bond motifs is 1. The first-order valence-corrected chi connectivity index (χ1v) is 6.61. The summed E-state index contributed by atoms with van der Waals surface area (Å²) in [6.07, 6.45) is 1.67. The van der Waals surface area contributed by atoms with Crippen LogP contribution in [0.4, 0.5) is 11.8 Å². The summed E-state index contributed by atoms with van der Waals surface area (Å²) in [5.74, 6) is 6.32. The number of hydrogen-bond donors (Lipinski definition) is 4. The molecule has 0 spiro atoms. The highest BCUT2D eigenvalue weighted by atomic mass is 35.5. The monoisotopic (exact) mass is 295 g/mol. The molecule has 0 radical (unpaired) electrons. The quantitative estimate of drug-likeness (QED) is 0.433. The maximum Gasteiger partial charge on any atom is 0.241 e. The van der Waals surface area contributed by atoms with Gasteiger partial charge in [-0.2, -0.15) is 15.1 Å². The van der Waals surface area contributed by atoms with Gasteiger partial charge in [0.25, 0.3) is 0 Å². The van der Waals surface area contributed by atoms with E-state index >= 15 is 0 Å². The van der Waals surface area contributed by atoms with Crippen LogP contribution in [0, 0.1) is 0 Å². The van der Waals surface area contributed by atoms with Gasteiger partial charge in [0.15, 0.2) is 5.65 Å². The zero-order valence-electron chi connectivity index (χ0n) is 9.64. The van der Waals surface area contributed by atoms with Crippen molar-refractivity contribution < 1.29 is 0 Å². The van der Waals surface area contributed by atoms with Gasteiger partial charge in [0.05, 0.1) is 22.5 Å². The smallest absolute Gasteiger partial charge is 0.241 e. The average Bonchev–Trinajstić information content (AvgIpc) is 3.04. The summed E-state index contributed by atoms with van der Waals surface area (Å²) in [5, 5.41) is 10.8. The number of hydrazine groups is 1. The molecule has 0 aliphatic rings. The molecule has 0 saturated carbocycles. The van der Waals surface area contributed by atoms with E-state index in [2.05, 4.69) is 30.9 Å². The molecule has 0 aliphatic carbocycles. The molecule has 3 aromatic heterocycles. The van der Waals surface area contributed by atoms with Gasteiger partial charge in [0, 0.05) is 4.88 Å². The van der Waals surface area contributed by atoms with Crippen LogP contribution in [0.1, 0.15) is 4.88 Å². The van der Waals surface area contributed by atoms with Gasteiger partial charge < -0.3 is 5.32 Å². The van der Waals surface area contributed by atoms with Gasteiger partial charge >= 0.3 is 0 Å². The van der Waals surface area contributed by atoms with Gasteiger partial charge in [-0.3, -0.25) is 10.5 Å². The van der Waals surface area contributed by atoms with Crippen LogP contribution in [-0.4, -0.2) is 20.2 Å². The number of aromatic nitrogens is 4. The van der Waals surface area contributed by atoms with Crippen molar-refractivity contribution in [3.05, 3.63) is 27.5 Å². The Labute approximate surface area is 117 Å². The van der Waals surface area contributed by atoms with Crippen molar-refractivity contribution in [1.29, 1.82) is 0 Å². The molecule has 3 heterocycles.